The normalized spacial score (nSPS) is 18.8. The van der Waals surface area contributed by atoms with Gasteiger partial charge in [-0.2, -0.15) is 5.10 Å². The number of carbonyl (C=O) groups excluding carboxylic acids is 1. The van der Waals surface area contributed by atoms with E-state index in [4.69, 9.17) is 16.3 Å². The molecule has 1 atom stereocenters. The van der Waals surface area contributed by atoms with Crippen LogP contribution < -0.4 is 15.0 Å². The number of fused-ring (bicyclic) bond motifs is 1. The highest BCUT2D eigenvalue weighted by atomic mass is 35.5. The summed E-state index contributed by atoms with van der Waals surface area (Å²) in [4.78, 5) is 18.7. The highest BCUT2D eigenvalue weighted by Gasteiger charge is 2.30. The van der Waals surface area contributed by atoms with E-state index >= 15 is 0 Å². The van der Waals surface area contributed by atoms with Gasteiger partial charge >= 0.3 is 0 Å². The Morgan fingerprint density at radius 3 is 2.79 bits per heavy atom. The largest absolute Gasteiger partial charge is 0.437 e. The maximum absolute atomic E-state index is 12.5. The second-order valence-electron chi connectivity index (χ2n) is 8.80. The van der Waals surface area contributed by atoms with Gasteiger partial charge < -0.3 is 15.0 Å². The van der Waals surface area contributed by atoms with Gasteiger partial charge in [0.1, 0.15) is 10.8 Å². The monoisotopic (exact) mass is 465 g/mol. The number of carbonyl (C=O) groups is 1. The number of nitrogens with zero attached hydrogens (tertiary/aromatic N) is 4. The van der Waals surface area contributed by atoms with Crippen LogP contribution in [0, 0.1) is 0 Å². The second-order valence-corrected chi connectivity index (χ2v) is 9.21. The molecule has 5 rings (SSSR count). The molecule has 33 heavy (non-hydrogen) atoms. The van der Waals surface area contributed by atoms with Crippen molar-refractivity contribution in [1.82, 2.24) is 20.1 Å². The van der Waals surface area contributed by atoms with Crippen LogP contribution in [0.4, 0.5) is 5.69 Å². The summed E-state index contributed by atoms with van der Waals surface area (Å²) in [6.07, 6.45) is 9.43. The molecule has 1 fully saturated rings. The first-order chi connectivity index (χ1) is 16.0. The maximum Gasteiger partial charge on any atom is 0.238 e. The summed E-state index contributed by atoms with van der Waals surface area (Å²) in [5.74, 6) is 1.07. The SMILES string of the molecule is CC(=O)N1c2ccc(-c3cnn(C4CCNCC4)c3)c(Oc3ncccc3Cl)c2CC[C@@H]1C. The lowest BCUT2D eigenvalue weighted by Crippen LogP contribution is -2.40. The Bertz CT molecular complexity index is 1170. The number of hydrogen-bond donors (Lipinski definition) is 1. The summed E-state index contributed by atoms with van der Waals surface area (Å²) >= 11 is 6.39. The smallest absolute Gasteiger partial charge is 0.238 e. The number of piperidine rings is 1. The number of anilines is 1. The Hall–Kier alpha value is -2.90. The Kier molecular flexibility index (Phi) is 6.08. The predicted molar refractivity (Wildman–Crippen MR) is 129 cm³/mol. The molecule has 2 aromatic heterocycles. The number of amides is 1. The van der Waals surface area contributed by atoms with Crippen molar-refractivity contribution in [3.63, 3.8) is 0 Å². The Labute approximate surface area is 198 Å². The zero-order valence-corrected chi connectivity index (χ0v) is 19.7. The van der Waals surface area contributed by atoms with E-state index < -0.39 is 0 Å². The van der Waals surface area contributed by atoms with Crippen molar-refractivity contribution in [3.8, 4) is 22.8 Å². The fourth-order valence-corrected chi connectivity index (χ4v) is 5.08. The summed E-state index contributed by atoms with van der Waals surface area (Å²) in [7, 11) is 0. The van der Waals surface area contributed by atoms with Crippen LogP contribution in [0.3, 0.4) is 0 Å². The molecule has 1 amide bonds. The molecule has 2 aliphatic heterocycles. The fraction of sp³-hybridized carbons (Fsp3) is 0.400. The molecule has 0 aliphatic carbocycles. The van der Waals surface area contributed by atoms with Crippen LogP contribution in [0.5, 0.6) is 11.6 Å². The highest BCUT2D eigenvalue weighted by molar-refractivity contribution is 6.31. The van der Waals surface area contributed by atoms with Crippen molar-refractivity contribution in [2.45, 2.75) is 51.6 Å². The molecule has 1 N–H and O–H groups in total. The minimum absolute atomic E-state index is 0.0248. The number of nitrogens with one attached hydrogen (secondary N) is 1. The molecule has 0 bridgehead atoms. The molecule has 172 valence electrons. The molecular weight excluding hydrogens is 438 g/mol. The van der Waals surface area contributed by atoms with Crippen molar-refractivity contribution in [2.24, 2.45) is 0 Å². The van der Waals surface area contributed by atoms with Crippen LogP contribution in [0.1, 0.15) is 44.7 Å². The van der Waals surface area contributed by atoms with Crippen LogP contribution in [0.15, 0.2) is 42.9 Å². The van der Waals surface area contributed by atoms with Crippen molar-refractivity contribution < 1.29 is 9.53 Å². The van der Waals surface area contributed by atoms with Gasteiger partial charge in [-0.15, -0.1) is 0 Å². The van der Waals surface area contributed by atoms with Crippen molar-refractivity contribution in [3.05, 3.63) is 53.4 Å². The van der Waals surface area contributed by atoms with E-state index in [-0.39, 0.29) is 11.9 Å². The number of ether oxygens (including phenoxy) is 1. The first kappa shape index (κ1) is 21.9. The van der Waals surface area contributed by atoms with Crippen molar-refractivity contribution in [1.29, 1.82) is 0 Å². The zero-order chi connectivity index (χ0) is 22.9. The number of benzene rings is 1. The summed E-state index contributed by atoms with van der Waals surface area (Å²) in [5.41, 5.74) is 3.79. The zero-order valence-electron chi connectivity index (χ0n) is 18.9. The van der Waals surface area contributed by atoms with E-state index in [1.165, 1.54) is 0 Å². The lowest BCUT2D eigenvalue weighted by atomic mass is 9.92. The van der Waals surface area contributed by atoms with Crippen molar-refractivity contribution in [2.75, 3.05) is 18.0 Å². The van der Waals surface area contributed by atoms with E-state index in [1.54, 1.807) is 25.3 Å². The van der Waals surface area contributed by atoms with Gasteiger partial charge in [0.15, 0.2) is 0 Å². The van der Waals surface area contributed by atoms with Gasteiger partial charge in [0.25, 0.3) is 0 Å². The van der Waals surface area contributed by atoms with Gasteiger partial charge in [-0.3, -0.25) is 9.48 Å². The Balaban J connectivity index is 1.61. The topological polar surface area (TPSA) is 72.3 Å². The minimum Gasteiger partial charge on any atom is -0.437 e. The quantitative estimate of drug-likeness (QED) is 0.586. The fourth-order valence-electron chi connectivity index (χ4n) is 4.92. The van der Waals surface area contributed by atoms with Gasteiger partial charge in [0.2, 0.25) is 11.8 Å². The van der Waals surface area contributed by atoms with Gasteiger partial charge in [-0.1, -0.05) is 11.6 Å². The highest BCUT2D eigenvalue weighted by Crippen LogP contribution is 2.45. The average molecular weight is 466 g/mol. The summed E-state index contributed by atoms with van der Waals surface area (Å²) < 4.78 is 8.45. The predicted octanol–water partition coefficient (Wildman–Crippen LogP) is 5.00. The average Bonchev–Trinajstić information content (AvgIpc) is 3.31. The molecule has 7 nitrogen and oxygen atoms in total. The van der Waals surface area contributed by atoms with E-state index in [2.05, 4.69) is 33.2 Å². The number of aromatic nitrogens is 3. The number of pyridine rings is 1. The first-order valence-electron chi connectivity index (χ1n) is 11.5. The van der Waals surface area contributed by atoms with Crippen LogP contribution in [-0.2, 0) is 11.2 Å². The first-order valence-corrected chi connectivity index (χ1v) is 11.9. The third kappa shape index (κ3) is 4.23. The molecule has 1 aromatic carbocycles. The van der Waals surface area contributed by atoms with E-state index in [9.17, 15) is 4.79 Å². The molecule has 2 aliphatic rings. The molecule has 0 spiro atoms. The molecule has 8 heteroatoms. The molecular formula is C25H28ClN5O2. The molecule has 4 heterocycles. The lowest BCUT2D eigenvalue weighted by molar-refractivity contribution is -0.117. The van der Waals surface area contributed by atoms with Gasteiger partial charge in [-0.05, 0) is 70.0 Å². The summed E-state index contributed by atoms with van der Waals surface area (Å²) in [6, 6.07) is 8.10. The van der Waals surface area contributed by atoms with Crippen LogP contribution in [-0.4, -0.2) is 39.8 Å². The van der Waals surface area contributed by atoms with Gasteiger partial charge in [0.05, 0.1) is 17.9 Å². The Morgan fingerprint density at radius 2 is 2.03 bits per heavy atom. The van der Waals surface area contributed by atoms with Crippen LogP contribution in [0.25, 0.3) is 11.1 Å². The molecule has 0 saturated carbocycles. The molecule has 0 unspecified atom stereocenters. The second kappa shape index (κ2) is 9.15. The third-order valence-electron chi connectivity index (χ3n) is 6.61. The summed E-state index contributed by atoms with van der Waals surface area (Å²) in [6.45, 7) is 5.70. The van der Waals surface area contributed by atoms with Crippen LogP contribution >= 0.6 is 11.6 Å². The number of rotatable bonds is 4. The van der Waals surface area contributed by atoms with Gasteiger partial charge in [-0.25, -0.2) is 4.98 Å². The summed E-state index contributed by atoms with van der Waals surface area (Å²) in [5, 5.41) is 8.52. The van der Waals surface area contributed by atoms with Crippen LogP contribution in [0.2, 0.25) is 5.02 Å². The van der Waals surface area contributed by atoms with Gasteiger partial charge in [0, 0.05) is 42.0 Å². The van der Waals surface area contributed by atoms with Crippen molar-refractivity contribution >= 4 is 23.2 Å². The molecule has 3 aromatic rings. The number of halogens is 1. The lowest BCUT2D eigenvalue weighted by Gasteiger charge is -2.35. The third-order valence-corrected chi connectivity index (χ3v) is 6.89. The number of hydrogen-bond acceptors (Lipinski definition) is 5. The Morgan fingerprint density at radius 1 is 1.21 bits per heavy atom. The van der Waals surface area contributed by atoms with E-state index in [0.29, 0.717) is 22.7 Å². The maximum atomic E-state index is 12.5. The minimum atomic E-state index is 0.0248. The molecule has 1 saturated heterocycles. The standard InChI is InChI=1S/C25H28ClN5O2/c1-16-5-6-21-23(31(16)17(2)32)8-7-20(24(21)33-25-22(26)4-3-11-28-25)18-14-29-30(15-18)19-9-12-27-13-10-19/h3-4,7-8,11,14-16,19,27H,5-6,9-10,12-13H2,1-2H3/t16-/m0/s1. The molecule has 0 radical (unpaired) electrons. The van der Waals surface area contributed by atoms with E-state index in [1.807, 2.05) is 23.2 Å². The van der Waals surface area contributed by atoms with E-state index in [0.717, 1.165) is 61.2 Å².